The molecule has 20 heavy (non-hydrogen) atoms. The van der Waals surface area contributed by atoms with E-state index in [9.17, 15) is 10.1 Å². The molecule has 3 N–H and O–H groups in total. The normalized spacial score (nSPS) is 12.8. The second-order valence-corrected chi connectivity index (χ2v) is 5.65. The maximum atomic E-state index is 10.8. The lowest BCUT2D eigenvalue weighted by atomic mass is 10.0. The first-order chi connectivity index (χ1) is 9.35. The SMILES string of the molecule is CC(C)CC(C)N(C)Cc1ccc([N+](=O)[O-])c(NN)c1. The van der Waals surface area contributed by atoms with Crippen molar-refractivity contribution in [1.82, 2.24) is 4.90 Å². The zero-order valence-corrected chi connectivity index (χ0v) is 12.6. The minimum atomic E-state index is -0.440. The fourth-order valence-corrected chi connectivity index (χ4v) is 2.26. The van der Waals surface area contributed by atoms with Gasteiger partial charge < -0.3 is 5.43 Å². The van der Waals surface area contributed by atoms with Gasteiger partial charge in [0, 0.05) is 18.7 Å². The smallest absolute Gasteiger partial charge is 0.293 e. The highest BCUT2D eigenvalue weighted by atomic mass is 16.6. The van der Waals surface area contributed by atoms with Crippen molar-refractivity contribution in [3.63, 3.8) is 0 Å². The largest absolute Gasteiger partial charge is 0.318 e. The van der Waals surface area contributed by atoms with Crippen molar-refractivity contribution in [2.45, 2.75) is 39.8 Å². The van der Waals surface area contributed by atoms with Crippen LogP contribution in [-0.2, 0) is 6.54 Å². The van der Waals surface area contributed by atoms with Crippen LogP contribution in [0.2, 0.25) is 0 Å². The van der Waals surface area contributed by atoms with Gasteiger partial charge in [0.15, 0.2) is 0 Å². The fourth-order valence-electron chi connectivity index (χ4n) is 2.26. The summed E-state index contributed by atoms with van der Waals surface area (Å²) in [5.41, 5.74) is 3.73. The molecule has 0 aliphatic carbocycles. The number of nitro groups is 1. The molecule has 0 amide bonds. The van der Waals surface area contributed by atoms with Gasteiger partial charge in [-0.1, -0.05) is 19.9 Å². The predicted molar refractivity (Wildman–Crippen MR) is 81.3 cm³/mol. The molecule has 1 rings (SSSR count). The average Bonchev–Trinajstić information content (AvgIpc) is 2.37. The standard InChI is InChI=1S/C14H24N4O2/c1-10(2)7-11(3)17(4)9-12-5-6-14(18(19)20)13(8-12)16-15/h5-6,8,10-11,16H,7,9,15H2,1-4H3. The van der Waals surface area contributed by atoms with E-state index >= 15 is 0 Å². The maximum Gasteiger partial charge on any atom is 0.293 e. The van der Waals surface area contributed by atoms with E-state index in [4.69, 9.17) is 5.84 Å². The molecule has 1 aromatic rings. The summed E-state index contributed by atoms with van der Waals surface area (Å²) in [6, 6.07) is 5.46. The van der Waals surface area contributed by atoms with E-state index in [0.29, 0.717) is 17.6 Å². The van der Waals surface area contributed by atoms with Crippen LogP contribution in [0.15, 0.2) is 18.2 Å². The Morgan fingerprint density at radius 2 is 2.05 bits per heavy atom. The number of nitrogens with zero attached hydrogens (tertiary/aromatic N) is 2. The highest BCUT2D eigenvalue weighted by Gasteiger charge is 2.15. The van der Waals surface area contributed by atoms with Crippen molar-refractivity contribution in [3.05, 3.63) is 33.9 Å². The van der Waals surface area contributed by atoms with Crippen molar-refractivity contribution in [3.8, 4) is 0 Å². The Morgan fingerprint density at radius 3 is 2.55 bits per heavy atom. The molecule has 1 atom stereocenters. The summed E-state index contributed by atoms with van der Waals surface area (Å²) in [7, 11) is 2.06. The van der Waals surface area contributed by atoms with Gasteiger partial charge in [0.2, 0.25) is 0 Å². The molecule has 0 heterocycles. The van der Waals surface area contributed by atoms with Gasteiger partial charge in [-0.2, -0.15) is 0 Å². The third-order valence-corrected chi connectivity index (χ3v) is 3.41. The van der Waals surface area contributed by atoms with Crippen LogP contribution >= 0.6 is 0 Å². The van der Waals surface area contributed by atoms with Gasteiger partial charge in [0.1, 0.15) is 5.69 Å². The van der Waals surface area contributed by atoms with E-state index in [1.54, 1.807) is 12.1 Å². The van der Waals surface area contributed by atoms with Crippen LogP contribution in [0.4, 0.5) is 11.4 Å². The maximum absolute atomic E-state index is 10.8. The third-order valence-electron chi connectivity index (χ3n) is 3.41. The number of nitro benzene ring substituents is 1. The molecule has 1 aromatic carbocycles. The molecule has 112 valence electrons. The van der Waals surface area contributed by atoms with Crippen molar-refractivity contribution in [2.75, 3.05) is 12.5 Å². The lowest BCUT2D eigenvalue weighted by molar-refractivity contribution is -0.384. The first-order valence-corrected chi connectivity index (χ1v) is 6.79. The van der Waals surface area contributed by atoms with Crippen LogP contribution in [0, 0.1) is 16.0 Å². The summed E-state index contributed by atoms with van der Waals surface area (Å²) in [6.45, 7) is 7.33. The number of nitrogens with two attached hydrogens (primary N) is 1. The van der Waals surface area contributed by atoms with Crippen molar-refractivity contribution in [2.24, 2.45) is 11.8 Å². The van der Waals surface area contributed by atoms with Crippen LogP contribution in [0.3, 0.4) is 0 Å². The van der Waals surface area contributed by atoms with Gasteiger partial charge in [-0.3, -0.25) is 20.9 Å². The van der Waals surface area contributed by atoms with Gasteiger partial charge in [0.05, 0.1) is 4.92 Å². The highest BCUT2D eigenvalue weighted by Crippen LogP contribution is 2.25. The predicted octanol–water partition coefficient (Wildman–Crippen LogP) is 2.75. The number of hydrazine groups is 1. The summed E-state index contributed by atoms with van der Waals surface area (Å²) < 4.78 is 0. The van der Waals surface area contributed by atoms with E-state index < -0.39 is 4.92 Å². The van der Waals surface area contributed by atoms with Crippen molar-refractivity contribution in [1.29, 1.82) is 0 Å². The number of nitrogens with one attached hydrogen (secondary N) is 1. The fraction of sp³-hybridized carbons (Fsp3) is 0.571. The van der Waals surface area contributed by atoms with E-state index in [-0.39, 0.29) is 5.69 Å². The minimum absolute atomic E-state index is 0.00543. The van der Waals surface area contributed by atoms with Crippen molar-refractivity contribution < 1.29 is 4.92 Å². The highest BCUT2D eigenvalue weighted by molar-refractivity contribution is 5.62. The second-order valence-electron chi connectivity index (χ2n) is 5.65. The average molecular weight is 280 g/mol. The Labute approximate surface area is 120 Å². The monoisotopic (exact) mass is 280 g/mol. The third kappa shape index (κ3) is 4.47. The molecule has 0 spiro atoms. The number of benzene rings is 1. The summed E-state index contributed by atoms with van der Waals surface area (Å²) >= 11 is 0. The molecular weight excluding hydrogens is 256 g/mol. The first-order valence-electron chi connectivity index (χ1n) is 6.79. The lowest BCUT2D eigenvalue weighted by Crippen LogP contribution is -2.29. The quantitative estimate of drug-likeness (QED) is 0.456. The molecule has 0 fully saturated rings. The molecule has 0 bridgehead atoms. The number of hydrogen-bond donors (Lipinski definition) is 2. The number of hydrogen-bond acceptors (Lipinski definition) is 5. The molecule has 6 nitrogen and oxygen atoms in total. The Kier molecular flexibility index (Phi) is 5.91. The molecule has 0 saturated heterocycles. The van der Waals surface area contributed by atoms with Crippen LogP contribution in [0.1, 0.15) is 32.8 Å². The number of rotatable bonds is 7. The van der Waals surface area contributed by atoms with Gasteiger partial charge >= 0.3 is 0 Å². The van der Waals surface area contributed by atoms with Crippen LogP contribution in [-0.4, -0.2) is 22.9 Å². The number of anilines is 1. The van der Waals surface area contributed by atoms with Crippen LogP contribution < -0.4 is 11.3 Å². The molecule has 1 unspecified atom stereocenters. The molecule has 0 aliphatic heterocycles. The molecule has 6 heteroatoms. The van der Waals surface area contributed by atoms with Crippen LogP contribution in [0.5, 0.6) is 0 Å². The first kappa shape index (κ1) is 16.4. The van der Waals surface area contributed by atoms with E-state index in [0.717, 1.165) is 18.5 Å². The molecule has 0 saturated carbocycles. The van der Waals surface area contributed by atoms with Gasteiger partial charge in [0.25, 0.3) is 5.69 Å². The van der Waals surface area contributed by atoms with E-state index in [1.807, 2.05) is 0 Å². The Balaban J connectivity index is 2.80. The van der Waals surface area contributed by atoms with Gasteiger partial charge in [-0.05, 0) is 37.9 Å². The summed E-state index contributed by atoms with van der Waals surface area (Å²) in [5, 5.41) is 10.8. The Hall–Kier alpha value is -1.66. The summed E-state index contributed by atoms with van der Waals surface area (Å²) in [4.78, 5) is 12.6. The lowest BCUT2D eigenvalue weighted by Gasteiger charge is -2.26. The van der Waals surface area contributed by atoms with Crippen molar-refractivity contribution >= 4 is 11.4 Å². The summed E-state index contributed by atoms with van der Waals surface area (Å²) in [6.07, 6.45) is 1.12. The van der Waals surface area contributed by atoms with Gasteiger partial charge in [-0.15, -0.1) is 0 Å². The Morgan fingerprint density at radius 1 is 1.40 bits per heavy atom. The molecule has 0 radical (unpaired) electrons. The summed E-state index contributed by atoms with van der Waals surface area (Å²) in [5.74, 6) is 5.99. The topological polar surface area (TPSA) is 84.4 Å². The minimum Gasteiger partial charge on any atom is -0.318 e. The molecule has 0 aromatic heterocycles. The van der Waals surface area contributed by atoms with E-state index in [1.165, 1.54) is 6.07 Å². The van der Waals surface area contributed by atoms with E-state index in [2.05, 4.69) is 38.1 Å². The Bertz CT molecular complexity index is 462. The van der Waals surface area contributed by atoms with Gasteiger partial charge in [-0.25, -0.2) is 0 Å². The number of nitrogen functional groups attached to an aromatic ring is 1. The molecular formula is C14H24N4O2. The zero-order valence-electron chi connectivity index (χ0n) is 12.6. The van der Waals surface area contributed by atoms with Crippen LogP contribution in [0.25, 0.3) is 0 Å². The second kappa shape index (κ2) is 7.21. The zero-order chi connectivity index (χ0) is 15.3. The molecule has 0 aliphatic rings.